The lowest BCUT2D eigenvalue weighted by molar-refractivity contribution is -0.119. The maximum Gasteiger partial charge on any atom is 0.151 e. The van der Waals surface area contributed by atoms with Crippen molar-refractivity contribution >= 4 is 16.6 Å². The summed E-state index contributed by atoms with van der Waals surface area (Å²) >= 11 is 0. The predicted octanol–water partition coefficient (Wildman–Crippen LogP) is 2.25. The third-order valence-corrected chi connectivity index (χ3v) is 4.10. The number of carbonyl (C=O) groups is 1. The molecule has 1 heterocycles. The Hall–Kier alpha value is -1.71. The number of fused-ring (bicyclic) bond motifs is 1. The van der Waals surface area contributed by atoms with Gasteiger partial charge in [0.15, 0.2) is 5.78 Å². The van der Waals surface area contributed by atoms with Crippen LogP contribution >= 0.6 is 0 Å². The van der Waals surface area contributed by atoms with Crippen molar-refractivity contribution in [3.8, 4) is 0 Å². The minimum Gasteiger partial charge on any atom is -0.315 e. The van der Waals surface area contributed by atoms with Crippen molar-refractivity contribution in [1.29, 1.82) is 0 Å². The van der Waals surface area contributed by atoms with E-state index in [2.05, 4.69) is 34.5 Å². The van der Waals surface area contributed by atoms with Crippen LogP contribution in [0.15, 0.2) is 42.5 Å². The van der Waals surface area contributed by atoms with Gasteiger partial charge in [0.05, 0.1) is 6.54 Å². The zero-order valence-corrected chi connectivity index (χ0v) is 12.3. The molecule has 21 heavy (non-hydrogen) atoms. The third kappa shape index (κ3) is 3.69. The minimum absolute atomic E-state index is 0.313. The van der Waals surface area contributed by atoms with E-state index in [1.165, 1.54) is 10.8 Å². The van der Waals surface area contributed by atoms with Crippen molar-refractivity contribution in [3.05, 3.63) is 48.0 Å². The van der Waals surface area contributed by atoms with Crippen molar-refractivity contribution in [2.24, 2.45) is 0 Å². The van der Waals surface area contributed by atoms with Crippen molar-refractivity contribution in [3.63, 3.8) is 0 Å². The van der Waals surface area contributed by atoms with E-state index in [0.717, 1.165) is 38.2 Å². The molecular weight excluding hydrogens is 260 g/mol. The van der Waals surface area contributed by atoms with Gasteiger partial charge in [-0.1, -0.05) is 42.5 Å². The molecule has 0 saturated carbocycles. The third-order valence-electron chi connectivity index (χ3n) is 4.10. The highest BCUT2D eigenvalue weighted by Gasteiger charge is 2.13. The summed E-state index contributed by atoms with van der Waals surface area (Å²) in [5.41, 5.74) is 1.14. The number of hydrogen-bond donors (Lipinski definition) is 1. The summed E-state index contributed by atoms with van der Waals surface area (Å²) in [6.07, 6.45) is 1.66. The Bertz CT molecular complexity index is 610. The van der Waals surface area contributed by atoms with Crippen LogP contribution in [0, 0.1) is 0 Å². The lowest BCUT2D eigenvalue weighted by Gasteiger charge is -2.18. The van der Waals surface area contributed by atoms with Crippen LogP contribution in [0.1, 0.15) is 12.0 Å². The molecule has 1 fully saturated rings. The largest absolute Gasteiger partial charge is 0.315 e. The summed E-state index contributed by atoms with van der Waals surface area (Å²) in [6, 6.07) is 14.5. The van der Waals surface area contributed by atoms with Gasteiger partial charge < -0.3 is 5.32 Å². The Morgan fingerprint density at radius 2 is 1.90 bits per heavy atom. The van der Waals surface area contributed by atoms with E-state index in [-0.39, 0.29) is 0 Å². The monoisotopic (exact) mass is 282 g/mol. The Balaban J connectivity index is 1.68. The molecule has 0 unspecified atom stereocenters. The van der Waals surface area contributed by atoms with Crippen LogP contribution in [0.3, 0.4) is 0 Å². The van der Waals surface area contributed by atoms with Crippen molar-refractivity contribution in [2.45, 2.75) is 12.8 Å². The van der Waals surface area contributed by atoms with Crippen LogP contribution in [0.5, 0.6) is 0 Å². The molecule has 2 aromatic carbocycles. The molecule has 0 aromatic heterocycles. The van der Waals surface area contributed by atoms with Crippen LogP contribution in [-0.2, 0) is 11.2 Å². The molecule has 1 aliphatic heterocycles. The van der Waals surface area contributed by atoms with Crippen molar-refractivity contribution < 1.29 is 4.79 Å². The number of ketones is 1. The summed E-state index contributed by atoms with van der Waals surface area (Å²) in [5.74, 6) is 0.313. The molecule has 0 amide bonds. The molecule has 0 bridgehead atoms. The average molecular weight is 282 g/mol. The van der Waals surface area contributed by atoms with Gasteiger partial charge in [-0.2, -0.15) is 0 Å². The first kappa shape index (κ1) is 14.2. The van der Waals surface area contributed by atoms with Gasteiger partial charge >= 0.3 is 0 Å². The average Bonchev–Trinajstić information content (AvgIpc) is 2.76. The number of rotatable bonds is 4. The van der Waals surface area contributed by atoms with E-state index in [1.807, 2.05) is 18.2 Å². The number of Topliss-reactive ketones (excluding diaryl/α,β-unsaturated/α-hetero) is 1. The number of carbonyl (C=O) groups excluding carboxylic acids is 1. The minimum atomic E-state index is 0.313. The molecule has 3 heteroatoms. The molecule has 0 aliphatic carbocycles. The second-order valence-corrected chi connectivity index (χ2v) is 5.73. The van der Waals surface area contributed by atoms with Gasteiger partial charge in [0.1, 0.15) is 0 Å². The van der Waals surface area contributed by atoms with Crippen LogP contribution in [0.25, 0.3) is 10.8 Å². The molecule has 0 radical (unpaired) electrons. The summed E-state index contributed by atoms with van der Waals surface area (Å²) in [4.78, 5) is 14.6. The SMILES string of the molecule is O=C(Cc1cccc2ccccc12)CN1CCCNCC1. The van der Waals surface area contributed by atoms with Gasteiger partial charge in [0.25, 0.3) is 0 Å². The zero-order chi connectivity index (χ0) is 14.5. The first-order chi connectivity index (χ1) is 10.3. The normalized spacial score (nSPS) is 16.8. The molecule has 1 saturated heterocycles. The number of hydrogen-bond acceptors (Lipinski definition) is 3. The quantitative estimate of drug-likeness (QED) is 0.933. The first-order valence-corrected chi connectivity index (χ1v) is 7.74. The summed E-state index contributed by atoms with van der Waals surface area (Å²) in [7, 11) is 0. The predicted molar refractivity (Wildman–Crippen MR) is 86.6 cm³/mol. The van der Waals surface area contributed by atoms with Gasteiger partial charge in [0, 0.05) is 19.5 Å². The van der Waals surface area contributed by atoms with E-state index >= 15 is 0 Å². The van der Waals surface area contributed by atoms with Crippen LogP contribution in [-0.4, -0.2) is 43.4 Å². The highest BCUT2D eigenvalue weighted by Crippen LogP contribution is 2.19. The van der Waals surface area contributed by atoms with Crippen LogP contribution in [0.2, 0.25) is 0 Å². The van der Waals surface area contributed by atoms with E-state index in [0.29, 0.717) is 18.7 Å². The van der Waals surface area contributed by atoms with E-state index in [1.54, 1.807) is 0 Å². The van der Waals surface area contributed by atoms with E-state index in [4.69, 9.17) is 0 Å². The molecule has 2 aromatic rings. The van der Waals surface area contributed by atoms with E-state index < -0.39 is 0 Å². The Labute approximate surface area is 125 Å². The second-order valence-electron chi connectivity index (χ2n) is 5.73. The standard InChI is InChI=1S/C18H22N2O/c21-17(14-20-11-4-9-19-10-12-20)13-16-7-3-6-15-5-1-2-8-18(15)16/h1-3,5-8,19H,4,9-14H2. The maximum atomic E-state index is 12.4. The van der Waals surface area contributed by atoms with Crippen molar-refractivity contribution in [1.82, 2.24) is 10.2 Å². The topological polar surface area (TPSA) is 32.3 Å². The van der Waals surface area contributed by atoms with Crippen molar-refractivity contribution in [2.75, 3.05) is 32.7 Å². The second kappa shape index (κ2) is 6.83. The number of benzene rings is 2. The van der Waals surface area contributed by atoms with Crippen LogP contribution in [0.4, 0.5) is 0 Å². The highest BCUT2D eigenvalue weighted by atomic mass is 16.1. The lowest BCUT2D eigenvalue weighted by Crippen LogP contribution is -2.33. The summed E-state index contributed by atoms with van der Waals surface area (Å²) < 4.78 is 0. The molecule has 0 atom stereocenters. The molecule has 3 nitrogen and oxygen atoms in total. The fraction of sp³-hybridized carbons (Fsp3) is 0.389. The highest BCUT2D eigenvalue weighted by molar-refractivity contribution is 5.91. The maximum absolute atomic E-state index is 12.4. The molecule has 110 valence electrons. The molecule has 0 spiro atoms. The first-order valence-electron chi connectivity index (χ1n) is 7.74. The fourth-order valence-electron chi connectivity index (χ4n) is 3.02. The van der Waals surface area contributed by atoms with E-state index in [9.17, 15) is 4.79 Å². The smallest absolute Gasteiger partial charge is 0.151 e. The summed E-state index contributed by atoms with van der Waals surface area (Å²) in [6.45, 7) is 4.62. The van der Waals surface area contributed by atoms with Crippen LogP contribution < -0.4 is 5.32 Å². The lowest BCUT2D eigenvalue weighted by atomic mass is 10.0. The molecular formula is C18H22N2O. The fourth-order valence-corrected chi connectivity index (χ4v) is 3.02. The Kier molecular flexibility index (Phi) is 4.63. The Morgan fingerprint density at radius 3 is 2.86 bits per heavy atom. The van der Waals surface area contributed by atoms with Gasteiger partial charge in [-0.25, -0.2) is 0 Å². The van der Waals surface area contributed by atoms with Gasteiger partial charge in [0.2, 0.25) is 0 Å². The zero-order valence-electron chi connectivity index (χ0n) is 12.3. The van der Waals surface area contributed by atoms with Gasteiger partial charge in [-0.3, -0.25) is 9.69 Å². The molecule has 1 N–H and O–H groups in total. The van der Waals surface area contributed by atoms with Gasteiger partial charge in [-0.15, -0.1) is 0 Å². The van der Waals surface area contributed by atoms with Gasteiger partial charge in [-0.05, 0) is 35.8 Å². The Morgan fingerprint density at radius 1 is 1.05 bits per heavy atom. The number of nitrogens with one attached hydrogen (secondary N) is 1. The summed E-state index contributed by atoms with van der Waals surface area (Å²) in [5, 5.41) is 5.78. The number of nitrogens with zero attached hydrogens (tertiary/aromatic N) is 1. The molecule has 3 rings (SSSR count). The molecule has 1 aliphatic rings.